The highest BCUT2D eigenvalue weighted by Crippen LogP contribution is 2.17. The molecule has 0 heterocycles. The van der Waals surface area contributed by atoms with Gasteiger partial charge in [0.1, 0.15) is 6.10 Å². The number of aliphatic hydroxyl groups excluding tert-OH is 2. The van der Waals surface area contributed by atoms with E-state index in [-0.39, 0.29) is 24.9 Å². The highest BCUT2D eigenvalue weighted by molar-refractivity contribution is 5.77. The van der Waals surface area contributed by atoms with Gasteiger partial charge < -0.3 is 20.3 Å². The molecule has 6 nitrogen and oxygen atoms in total. The van der Waals surface area contributed by atoms with Crippen LogP contribution < -0.4 is 5.32 Å². The molecule has 0 radical (unpaired) electrons. The zero-order valence-corrected chi connectivity index (χ0v) is 40.7. The minimum Gasteiger partial charge on any atom is -0.462 e. The van der Waals surface area contributed by atoms with E-state index in [0.717, 1.165) is 89.9 Å². The third kappa shape index (κ3) is 43.9. The molecule has 0 aromatic rings. The molecule has 3 atom stereocenters. The number of carbonyl (C=O) groups excluding carboxylic acids is 2. The van der Waals surface area contributed by atoms with Crippen molar-refractivity contribution in [3.8, 4) is 0 Å². The molecule has 6 heteroatoms. The fourth-order valence-electron chi connectivity index (χ4n) is 7.61. The normalized spacial score (nSPS) is 13.8. The summed E-state index contributed by atoms with van der Waals surface area (Å²) < 4.78 is 5.91. The third-order valence-electron chi connectivity index (χ3n) is 11.6. The Morgan fingerprint density at radius 2 is 0.935 bits per heavy atom. The molecular formula is C56H99NO5. The lowest BCUT2D eigenvalue weighted by molar-refractivity contribution is -0.151. The predicted molar refractivity (Wildman–Crippen MR) is 268 cm³/mol. The number of amides is 1. The third-order valence-corrected chi connectivity index (χ3v) is 11.6. The van der Waals surface area contributed by atoms with Gasteiger partial charge in [-0.15, -0.1) is 0 Å². The van der Waals surface area contributed by atoms with Crippen LogP contribution >= 0.6 is 0 Å². The maximum Gasteiger partial charge on any atom is 0.306 e. The van der Waals surface area contributed by atoms with Gasteiger partial charge in [-0.05, 0) is 83.5 Å². The number of hydrogen-bond donors (Lipinski definition) is 3. The van der Waals surface area contributed by atoms with Crippen LogP contribution in [-0.4, -0.2) is 46.9 Å². The molecule has 0 aliphatic heterocycles. The van der Waals surface area contributed by atoms with Crippen molar-refractivity contribution >= 4 is 11.9 Å². The Balaban J connectivity index is 4.56. The fraction of sp³-hybridized carbons (Fsp3) is 0.750. The largest absolute Gasteiger partial charge is 0.462 e. The second-order valence-electron chi connectivity index (χ2n) is 17.6. The van der Waals surface area contributed by atoms with Gasteiger partial charge in [0.05, 0.1) is 25.2 Å². The summed E-state index contributed by atoms with van der Waals surface area (Å²) in [7, 11) is 0. The highest BCUT2D eigenvalue weighted by atomic mass is 16.5. The second kappa shape index (κ2) is 49.3. The van der Waals surface area contributed by atoms with E-state index in [9.17, 15) is 19.8 Å². The number of nitrogens with one attached hydrogen (secondary N) is 1. The molecule has 0 aliphatic carbocycles. The first-order valence-corrected chi connectivity index (χ1v) is 26.2. The average Bonchev–Trinajstić information content (AvgIpc) is 3.26. The molecule has 0 aliphatic rings. The maximum atomic E-state index is 13.2. The van der Waals surface area contributed by atoms with Gasteiger partial charge in [-0.2, -0.15) is 0 Å². The molecule has 0 bridgehead atoms. The van der Waals surface area contributed by atoms with E-state index in [1.54, 1.807) is 0 Å². The van der Waals surface area contributed by atoms with E-state index in [2.05, 4.69) is 86.8 Å². The zero-order chi connectivity index (χ0) is 45.2. The van der Waals surface area contributed by atoms with Crippen molar-refractivity contribution in [3.63, 3.8) is 0 Å². The summed E-state index contributed by atoms with van der Waals surface area (Å²) in [4.78, 5) is 26.1. The Bertz CT molecular complexity index is 1150. The summed E-state index contributed by atoms with van der Waals surface area (Å²) in [5.74, 6) is -0.525. The van der Waals surface area contributed by atoms with Gasteiger partial charge in [0.2, 0.25) is 5.91 Å². The first-order valence-electron chi connectivity index (χ1n) is 26.2. The molecule has 0 spiro atoms. The molecule has 1 amide bonds. The monoisotopic (exact) mass is 866 g/mol. The van der Waals surface area contributed by atoms with Crippen molar-refractivity contribution in [2.24, 2.45) is 0 Å². The van der Waals surface area contributed by atoms with Crippen LogP contribution in [0.15, 0.2) is 72.9 Å². The Morgan fingerprint density at radius 3 is 1.50 bits per heavy atom. The van der Waals surface area contributed by atoms with Gasteiger partial charge in [-0.25, -0.2) is 0 Å². The van der Waals surface area contributed by atoms with Crippen LogP contribution in [0.1, 0.15) is 245 Å². The van der Waals surface area contributed by atoms with Crippen LogP contribution in [0.5, 0.6) is 0 Å². The molecule has 3 N–H and O–H groups in total. The van der Waals surface area contributed by atoms with Crippen LogP contribution in [0, 0.1) is 0 Å². The van der Waals surface area contributed by atoms with Gasteiger partial charge >= 0.3 is 5.97 Å². The number of allylic oxidation sites excluding steroid dienone is 12. The maximum absolute atomic E-state index is 13.2. The SMILES string of the molecule is CC/C=C/C=C/C=C\CCCCCC(CC(=O)NC(CO)C(O)CCCCCCCCCCCCCCC)OC(=O)CCCCCCCC/C=C\C/C=C\C/C=C\CCCCC. The van der Waals surface area contributed by atoms with E-state index in [0.29, 0.717) is 19.3 Å². The van der Waals surface area contributed by atoms with Crippen LogP contribution in [0.4, 0.5) is 0 Å². The molecule has 0 aromatic carbocycles. The smallest absolute Gasteiger partial charge is 0.306 e. The Hall–Kier alpha value is -2.70. The number of rotatable bonds is 46. The molecular weight excluding hydrogens is 767 g/mol. The molecule has 0 saturated heterocycles. The number of unbranched alkanes of at least 4 members (excludes halogenated alkanes) is 24. The number of aliphatic hydroxyl groups is 2. The lowest BCUT2D eigenvalue weighted by Crippen LogP contribution is -2.46. The minimum absolute atomic E-state index is 0.0466. The molecule has 358 valence electrons. The van der Waals surface area contributed by atoms with Gasteiger partial charge in [-0.3, -0.25) is 9.59 Å². The first kappa shape index (κ1) is 59.3. The van der Waals surface area contributed by atoms with Crippen LogP contribution in [0.2, 0.25) is 0 Å². The molecule has 0 rings (SSSR count). The fourth-order valence-corrected chi connectivity index (χ4v) is 7.61. The number of hydrogen-bond acceptors (Lipinski definition) is 5. The molecule has 0 saturated carbocycles. The number of ether oxygens (including phenoxy) is 1. The topological polar surface area (TPSA) is 95.9 Å². The van der Waals surface area contributed by atoms with Gasteiger partial charge in [0.15, 0.2) is 0 Å². The molecule has 0 aromatic heterocycles. The summed E-state index contributed by atoms with van der Waals surface area (Å²) in [6, 6.07) is -0.718. The quantitative estimate of drug-likeness (QED) is 0.0245. The average molecular weight is 866 g/mol. The van der Waals surface area contributed by atoms with Crippen molar-refractivity contribution in [1.29, 1.82) is 0 Å². The molecule has 62 heavy (non-hydrogen) atoms. The summed E-state index contributed by atoms with van der Waals surface area (Å²) in [6.07, 6.45) is 62.5. The second-order valence-corrected chi connectivity index (χ2v) is 17.6. The van der Waals surface area contributed by atoms with E-state index in [1.807, 2.05) is 12.2 Å². The Kier molecular flexibility index (Phi) is 47.2. The number of carbonyl (C=O) groups is 2. The summed E-state index contributed by atoms with van der Waals surface area (Å²) >= 11 is 0. The van der Waals surface area contributed by atoms with Crippen molar-refractivity contribution in [3.05, 3.63) is 72.9 Å². The van der Waals surface area contributed by atoms with Crippen LogP contribution in [0.25, 0.3) is 0 Å². The Morgan fingerprint density at radius 1 is 0.500 bits per heavy atom. The van der Waals surface area contributed by atoms with Crippen molar-refractivity contribution in [1.82, 2.24) is 5.32 Å². The van der Waals surface area contributed by atoms with Crippen LogP contribution in [-0.2, 0) is 14.3 Å². The predicted octanol–water partition coefficient (Wildman–Crippen LogP) is 15.8. The Labute approximate surface area is 383 Å². The van der Waals surface area contributed by atoms with E-state index in [4.69, 9.17) is 4.74 Å². The van der Waals surface area contributed by atoms with Crippen molar-refractivity contribution < 1.29 is 24.5 Å². The summed E-state index contributed by atoms with van der Waals surface area (Å²) in [5.41, 5.74) is 0. The van der Waals surface area contributed by atoms with Crippen molar-refractivity contribution in [2.75, 3.05) is 6.61 Å². The van der Waals surface area contributed by atoms with E-state index < -0.39 is 18.2 Å². The van der Waals surface area contributed by atoms with Gasteiger partial charge in [-0.1, -0.05) is 222 Å². The minimum atomic E-state index is -0.801. The first-order chi connectivity index (χ1) is 30.5. The standard InChI is InChI=1S/C56H99NO5/c1-4-7-10-13-16-19-22-24-25-26-27-28-29-31-34-37-40-43-46-49-56(61)62-52(47-44-41-38-35-32-21-18-15-12-9-6-3)50-55(60)57-53(51-58)54(59)48-45-42-39-36-33-30-23-20-17-14-11-8-5-2/h9,12,15-16,18-19,21,24-25,27-28,32,52-54,58-59H,4-8,10-11,13-14,17,20,22-23,26,29-31,33-51H2,1-3H3,(H,57,60)/b12-9+,18-15+,19-16-,25-24-,28-27-,32-21-. The van der Waals surface area contributed by atoms with E-state index in [1.165, 1.54) is 109 Å². The summed E-state index contributed by atoms with van der Waals surface area (Å²) in [6.45, 7) is 6.31. The lowest BCUT2D eigenvalue weighted by atomic mass is 10.0. The summed E-state index contributed by atoms with van der Waals surface area (Å²) in [5, 5.41) is 23.7. The molecule has 3 unspecified atom stereocenters. The van der Waals surface area contributed by atoms with Crippen molar-refractivity contribution in [2.45, 2.75) is 264 Å². The van der Waals surface area contributed by atoms with Crippen LogP contribution in [0.3, 0.4) is 0 Å². The molecule has 0 fully saturated rings. The van der Waals surface area contributed by atoms with E-state index >= 15 is 0 Å². The number of esters is 1. The van der Waals surface area contributed by atoms with Gasteiger partial charge in [0, 0.05) is 6.42 Å². The highest BCUT2D eigenvalue weighted by Gasteiger charge is 2.24. The van der Waals surface area contributed by atoms with Gasteiger partial charge in [0.25, 0.3) is 0 Å². The lowest BCUT2D eigenvalue weighted by Gasteiger charge is -2.24. The zero-order valence-electron chi connectivity index (χ0n) is 40.7.